The highest BCUT2D eigenvalue weighted by molar-refractivity contribution is 5.93. The molecular weight excluding hydrogens is 508 g/mol. The van der Waals surface area contributed by atoms with Gasteiger partial charge in [0.15, 0.2) is 5.78 Å². The molecule has 0 radical (unpaired) electrons. The fourth-order valence-corrected chi connectivity index (χ4v) is 4.70. The molecular formula is C34H46N6O. The van der Waals surface area contributed by atoms with E-state index in [-0.39, 0.29) is 5.78 Å². The topological polar surface area (TPSA) is 63.7 Å². The van der Waals surface area contributed by atoms with E-state index in [2.05, 4.69) is 106 Å². The molecule has 0 saturated carbocycles. The summed E-state index contributed by atoms with van der Waals surface area (Å²) in [5.74, 6) is 0.0161. The number of rotatable bonds is 14. The maximum Gasteiger partial charge on any atom is 0.161 e. The molecule has 2 N–H and O–H groups in total. The molecule has 0 saturated heterocycles. The number of nitrogens with one attached hydrogen (secondary N) is 2. The minimum Gasteiger partial charge on any atom is -0.386 e. The Kier molecular flexibility index (Phi) is 12.1. The Labute approximate surface area is 246 Å². The molecule has 218 valence electrons. The van der Waals surface area contributed by atoms with Gasteiger partial charge in [0.2, 0.25) is 0 Å². The summed E-state index contributed by atoms with van der Waals surface area (Å²) in [4.78, 5) is 18.4. The summed E-state index contributed by atoms with van der Waals surface area (Å²) in [6.45, 7) is 22.2. The average Bonchev–Trinajstić information content (AvgIpc) is 3.44. The lowest BCUT2D eigenvalue weighted by atomic mass is 10.1. The van der Waals surface area contributed by atoms with Gasteiger partial charge in [-0.15, -0.1) is 0 Å². The molecule has 0 fully saturated rings. The maximum absolute atomic E-state index is 11.6. The highest BCUT2D eigenvalue weighted by atomic mass is 16.1. The number of carbonyl (C=O) groups is 1. The normalized spacial score (nSPS) is 12.1. The number of hydrazine groups is 1. The van der Waals surface area contributed by atoms with Gasteiger partial charge >= 0.3 is 0 Å². The summed E-state index contributed by atoms with van der Waals surface area (Å²) in [5.41, 5.74) is 8.24. The zero-order valence-corrected chi connectivity index (χ0v) is 25.4. The van der Waals surface area contributed by atoms with Crippen molar-refractivity contribution in [2.75, 3.05) is 44.7 Å². The second-order valence-corrected chi connectivity index (χ2v) is 9.96. The summed E-state index contributed by atoms with van der Waals surface area (Å²) in [6.07, 6.45) is 1.64. The Morgan fingerprint density at radius 2 is 1.61 bits per heavy atom. The second kappa shape index (κ2) is 15.7. The predicted molar refractivity (Wildman–Crippen MR) is 172 cm³/mol. The van der Waals surface area contributed by atoms with E-state index >= 15 is 0 Å². The highest BCUT2D eigenvalue weighted by Crippen LogP contribution is 2.27. The van der Waals surface area contributed by atoms with Gasteiger partial charge in [-0.3, -0.25) is 9.78 Å². The first-order chi connectivity index (χ1) is 19.9. The molecule has 7 nitrogen and oxygen atoms in total. The minimum atomic E-state index is 0.0161. The number of hydrogen-bond donors (Lipinski definition) is 2. The van der Waals surface area contributed by atoms with Crippen LogP contribution < -0.4 is 15.5 Å². The molecule has 1 aliphatic rings. The van der Waals surface area contributed by atoms with Crippen LogP contribution in [0.2, 0.25) is 0 Å². The van der Waals surface area contributed by atoms with Crippen molar-refractivity contribution >= 4 is 11.5 Å². The summed E-state index contributed by atoms with van der Waals surface area (Å²) >= 11 is 0. The number of fused-ring (bicyclic) bond motifs is 1. The highest BCUT2D eigenvalue weighted by Gasteiger charge is 2.23. The molecule has 7 heteroatoms. The van der Waals surface area contributed by atoms with Crippen molar-refractivity contribution in [3.8, 4) is 11.3 Å². The molecule has 1 aliphatic heterocycles. The summed E-state index contributed by atoms with van der Waals surface area (Å²) in [5, 5.41) is 11.3. The SMILES string of the molecule is C=C(CN(CC(=C)N(C)N1Cc2ccccc2C1)c1ccc(-c2ccc(C(C)=O)cn2)cc1)NCCNCC.CC. The molecule has 0 amide bonds. The molecule has 41 heavy (non-hydrogen) atoms. The number of aromatic nitrogens is 1. The monoisotopic (exact) mass is 554 g/mol. The Balaban J connectivity index is 0.00000226. The number of ketones is 1. The van der Waals surface area contributed by atoms with E-state index in [0.717, 1.165) is 61.1 Å². The van der Waals surface area contributed by atoms with Crippen molar-refractivity contribution in [1.82, 2.24) is 25.6 Å². The van der Waals surface area contributed by atoms with Crippen LogP contribution in [0, 0.1) is 0 Å². The lowest BCUT2D eigenvalue weighted by molar-refractivity contribution is 0.0283. The Bertz CT molecular complexity index is 1260. The quantitative estimate of drug-likeness (QED) is 0.191. The first kappa shape index (κ1) is 31.6. The molecule has 0 unspecified atom stereocenters. The van der Waals surface area contributed by atoms with Gasteiger partial charge in [0, 0.05) is 67.6 Å². The first-order valence-corrected chi connectivity index (χ1v) is 14.5. The number of carbonyl (C=O) groups excluding carboxylic acids is 1. The third-order valence-electron chi connectivity index (χ3n) is 7.09. The number of likely N-dealkylation sites (N-methyl/N-ethyl adjacent to an activating group) is 2. The van der Waals surface area contributed by atoms with E-state index in [1.807, 2.05) is 26.0 Å². The van der Waals surface area contributed by atoms with Crippen molar-refractivity contribution in [2.45, 2.75) is 40.8 Å². The van der Waals surface area contributed by atoms with Gasteiger partial charge in [-0.25, -0.2) is 5.01 Å². The molecule has 3 aromatic rings. The van der Waals surface area contributed by atoms with Crippen molar-refractivity contribution in [3.05, 3.63) is 108 Å². The van der Waals surface area contributed by atoms with E-state index in [9.17, 15) is 4.79 Å². The van der Waals surface area contributed by atoms with E-state index < -0.39 is 0 Å². The number of anilines is 1. The van der Waals surface area contributed by atoms with Gasteiger partial charge in [-0.05, 0) is 48.9 Å². The minimum absolute atomic E-state index is 0.0161. The van der Waals surface area contributed by atoms with Crippen LogP contribution in [-0.4, -0.2) is 60.6 Å². The van der Waals surface area contributed by atoms with Crippen LogP contribution in [0.3, 0.4) is 0 Å². The zero-order chi connectivity index (χ0) is 29.8. The number of benzene rings is 2. The van der Waals surface area contributed by atoms with Gasteiger partial charge in [0.05, 0.1) is 18.8 Å². The Morgan fingerprint density at radius 3 is 2.17 bits per heavy atom. The molecule has 0 spiro atoms. The Hall–Kier alpha value is -3.94. The van der Waals surface area contributed by atoms with Gasteiger partial charge in [-0.2, -0.15) is 0 Å². The maximum atomic E-state index is 11.6. The van der Waals surface area contributed by atoms with Gasteiger partial charge < -0.3 is 20.5 Å². The van der Waals surface area contributed by atoms with Crippen LogP contribution in [0.4, 0.5) is 5.69 Å². The number of hydrogen-bond acceptors (Lipinski definition) is 7. The second-order valence-electron chi connectivity index (χ2n) is 9.96. The number of Topliss-reactive ketones (excluding diaryl/α,β-unsaturated/α-hetero) is 1. The molecule has 1 aromatic heterocycles. The van der Waals surface area contributed by atoms with Crippen molar-refractivity contribution in [3.63, 3.8) is 0 Å². The summed E-state index contributed by atoms with van der Waals surface area (Å²) in [7, 11) is 2.09. The van der Waals surface area contributed by atoms with E-state index in [1.165, 1.54) is 11.1 Å². The molecule has 2 heterocycles. The van der Waals surface area contributed by atoms with E-state index in [0.29, 0.717) is 18.7 Å². The number of nitrogens with zero attached hydrogens (tertiary/aromatic N) is 4. The largest absolute Gasteiger partial charge is 0.386 e. The standard InChI is InChI=1S/C32H40N6O.C2H6/c1-6-33-17-18-34-24(2)20-37(21-25(3)36(5)38-22-29-9-7-8-10-30(29)23-38)31-14-11-27(12-15-31)32-16-13-28(19-35-32)26(4)39;1-2/h7-16,19,33-34H,2-3,6,17-18,20-23H2,1,4-5H3;1-2H3. The molecule has 0 bridgehead atoms. The van der Waals surface area contributed by atoms with Crippen molar-refractivity contribution in [1.29, 1.82) is 0 Å². The van der Waals surface area contributed by atoms with Crippen LogP contribution in [0.1, 0.15) is 49.2 Å². The molecule has 0 atom stereocenters. The zero-order valence-electron chi connectivity index (χ0n) is 25.4. The first-order valence-electron chi connectivity index (χ1n) is 14.5. The van der Waals surface area contributed by atoms with Gasteiger partial charge in [0.25, 0.3) is 0 Å². The third kappa shape index (κ3) is 8.77. The van der Waals surface area contributed by atoms with Crippen LogP contribution in [0.25, 0.3) is 11.3 Å². The van der Waals surface area contributed by atoms with Gasteiger partial charge in [0.1, 0.15) is 0 Å². The summed E-state index contributed by atoms with van der Waals surface area (Å²) in [6, 6.07) is 20.7. The van der Waals surface area contributed by atoms with Crippen LogP contribution in [0.5, 0.6) is 0 Å². The lowest BCUT2D eigenvalue weighted by Gasteiger charge is -2.35. The fourth-order valence-electron chi connectivity index (χ4n) is 4.70. The van der Waals surface area contributed by atoms with Crippen LogP contribution in [0.15, 0.2) is 91.4 Å². The number of pyridine rings is 1. The van der Waals surface area contributed by atoms with Crippen LogP contribution >= 0.6 is 0 Å². The smallest absolute Gasteiger partial charge is 0.161 e. The fraction of sp³-hybridized carbons (Fsp3) is 0.353. The third-order valence-corrected chi connectivity index (χ3v) is 7.09. The average molecular weight is 555 g/mol. The molecule has 2 aromatic carbocycles. The van der Waals surface area contributed by atoms with Gasteiger partial charge in [-0.1, -0.05) is 70.3 Å². The predicted octanol–water partition coefficient (Wildman–Crippen LogP) is 5.87. The van der Waals surface area contributed by atoms with Crippen molar-refractivity contribution in [2.24, 2.45) is 0 Å². The summed E-state index contributed by atoms with van der Waals surface area (Å²) < 4.78 is 0. The lowest BCUT2D eigenvalue weighted by Crippen LogP contribution is -2.40. The molecule has 4 rings (SSSR count). The van der Waals surface area contributed by atoms with Crippen molar-refractivity contribution < 1.29 is 4.79 Å². The Morgan fingerprint density at radius 1 is 0.951 bits per heavy atom. The van der Waals surface area contributed by atoms with Crippen LogP contribution in [-0.2, 0) is 13.1 Å². The van der Waals surface area contributed by atoms with E-state index in [1.54, 1.807) is 13.1 Å². The molecule has 0 aliphatic carbocycles. The van der Waals surface area contributed by atoms with E-state index in [4.69, 9.17) is 0 Å².